The minimum absolute atomic E-state index is 0.0522. The summed E-state index contributed by atoms with van der Waals surface area (Å²) in [5.41, 5.74) is 0. The van der Waals surface area contributed by atoms with Gasteiger partial charge < -0.3 is 4.74 Å². The van der Waals surface area contributed by atoms with Crippen LogP contribution in [-0.2, 0) is 29.6 Å². The molecule has 146 valence electrons. The standard InChI is InChI=1S/C16H24N2O6S2/c1-3-24-16(19)12-17-25(20,21)14-4-6-15(7-5-14)26(22,23)18-10-8-13(2)9-11-18/h4-7,13,17H,3,8-12H2,1-2H3. The Bertz CT molecular complexity index is 826. The van der Waals surface area contributed by atoms with Crippen LogP contribution in [0.2, 0.25) is 0 Å². The summed E-state index contributed by atoms with van der Waals surface area (Å²) in [6.07, 6.45) is 1.62. The molecule has 0 aromatic heterocycles. The average Bonchev–Trinajstić information content (AvgIpc) is 2.61. The van der Waals surface area contributed by atoms with Gasteiger partial charge >= 0.3 is 5.97 Å². The summed E-state index contributed by atoms with van der Waals surface area (Å²) in [5.74, 6) is -0.186. The van der Waals surface area contributed by atoms with Crippen LogP contribution < -0.4 is 4.72 Å². The Morgan fingerprint density at radius 1 is 1.12 bits per heavy atom. The zero-order valence-corrected chi connectivity index (χ0v) is 16.5. The zero-order valence-electron chi connectivity index (χ0n) is 14.8. The fourth-order valence-electron chi connectivity index (χ4n) is 2.61. The van der Waals surface area contributed by atoms with E-state index < -0.39 is 32.6 Å². The number of hydrogen-bond acceptors (Lipinski definition) is 6. The van der Waals surface area contributed by atoms with Crippen LogP contribution in [-0.4, -0.2) is 53.4 Å². The summed E-state index contributed by atoms with van der Waals surface area (Å²) >= 11 is 0. The van der Waals surface area contributed by atoms with Gasteiger partial charge in [-0.25, -0.2) is 16.8 Å². The molecule has 1 aliphatic rings. The lowest BCUT2D eigenvalue weighted by Gasteiger charge is -2.29. The number of hydrogen-bond donors (Lipinski definition) is 1. The molecule has 2 rings (SSSR count). The highest BCUT2D eigenvalue weighted by Crippen LogP contribution is 2.24. The molecule has 26 heavy (non-hydrogen) atoms. The van der Waals surface area contributed by atoms with Crippen LogP contribution in [0.5, 0.6) is 0 Å². The molecule has 0 amide bonds. The van der Waals surface area contributed by atoms with Crippen molar-refractivity contribution in [3.05, 3.63) is 24.3 Å². The lowest BCUT2D eigenvalue weighted by atomic mass is 10.0. The van der Waals surface area contributed by atoms with Gasteiger partial charge in [0.2, 0.25) is 20.0 Å². The number of sulfonamides is 2. The lowest BCUT2D eigenvalue weighted by molar-refractivity contribution is -0.141. The summed E-state index contributed by atoms with van der Waals surface area (Å²) in [5, 5.41) is 0. The summed E-state index contributed by atoms with van der Waals surface area (Å²) < 4.78 is 57.8. The van der Waals surface area contributed by atoms with Crippen LogP contribution in [0.3, 0.4) is 0 Å². The second-order valence-electron chi connectivity index (χ2n) is 6.19. The van der Waals surface area contributed by atoms with Crippen molar-refractivity contribution < 1.29 is 26.4 Å². The molecule has 1 aliphatic heterocycles. The van der Waals surface area contributed by atoms with Gasteiger partial charge in [0.05, 0.1) is 16.4 Å². The van der Waals surface area contributed by atoms with Gasteiger partial charge in [-0.1, -0.05) is 6.92 Å². The third-order valence-electron chi connectivity index (χ3n) is 4.23. The molecular formula is C16H24N2O6S2. The van der Waals surface area contributed by atoms with E-state index in [4.69, 9.17) is 0 Å². The first kappa shape index (κ1) is 20.8. The highest BCUT2D eigenvalue weighted by molar-refractivity contribution is 7.89. The van der Waals surface area contributed by atoms with Crippen LogP contribution in [0.1, 0.15) is 26.7 Å². The van der Waals surface area contributed by atoms with Crippen LogP contribution in [0.25, 0.3) is 0 Å². The molecule has 0 saturated carbocycles. The second-order valence-corrected chi connectivity index (χ2v) is 9.89. The minimum Gasteiger partial charge on any atom is -0.465 e. The Labute approximate surface area is 154 Å². The summed E-state index contributed by atoms with van der Waals surface area (Å²) in [6, 6.07) is 4.97. The van der Waals surface area contributed by atoms with Gasteiger partial charge in [0.15, 0.2) is 0 Å². The third kappa shape index (κ3) is 5.03. The van der Waals surface area contributed by atoms with Crippen molar-refractivity contribution in [3.8, 4) is 0 Å². The first-order valence-electron chi connectivity index (χ1n) is 8.42. The highest BCUT2D eigenvalue weighted by Gasteiger charge is 2.28. The largest absolute Gasteiger partial charge is 0.465 e. The molecule has 1 N–H and O–H groups in total. The molecule has 0 aliphatic carbocycles. The molecule has 1 aromatic carbocycles. The average molecular weight is 405 g/mol. The van der Waals surface area contributed by atoms with Crippen LogP contribution >= 0.6 is 0 Å². The normalized spacial score (nSPS) is 17.2. The van der Waals surface area contributed by atoms with Gasteiger partial charge in [-0.3, -0.25) is 4.79 Å². The molecule has 0 radical (unpaired) electrons. The Morgan fingerprint density at radius 2 is 1.65 bits per heavy atom. The maximum Gasteiger partial charge on any atom is 0.321 e. The van der Waals surface area contributed by atoms with Crippen molar-refractivity contribution in [3.63, 3.8) is 0 Å². The van der Waals surface area contributed by atoms with Gasteiger partial charge in [-0.2, -0.15) is 9.03 Å². The van der Waals surface area contributed by atoms with Gasteiger partial charge in [0.1, 0.15) is 6.54 Å². The fourth-order valence-corrected chi connectivity index (χ4v) is 5.05. The van der Waals surface area contributed by atoms with E-state index >= 15 is 0 Å². The predicted octanol–water partition coefficient (Wildman–Crippen LogP) is 0.949. The van der Waals surface area contributed by atoms with Crippen molar-refractivity contribution in [2.75, 3.05) is 26.2 Å². The predicted molar refractivity (Wildman–Crippen MR) is 95.4 cm³/mol. The number of nitrogens with one attached hydrogen (secondary N) is 1. The number of piperidine rings is 1. The second kappa shape index (κ2) is 8.47. The Hall–Kier alpha value is -1.49. The van der Waals surface area contributed by atoms with Crippen molar-refractivity contribution in [2.24, 2.45) is 5.92 Å². The summed E-state index contributed by atoms with van der Waals surface area (Å²) in [6.45, 7) is 4.31. The number of rotatable bonds is 7. The smallest absolute Gasteiger partial charge is 0.321 e. The molecule has 0 unspecified atom stereocenters. The van der Waals surface area contributed by atoms with E-state index in [1.165, 1.54) is 28.6 Å². The zero-order chi connectivity index (χ0) is 19.4. The van der Waals surface area contributed by atoms with E-state index in [9.17, 15) is 21.6 Å². The number of carbonyl (C=O) groups is 1. The Balaban J connectivity index is 2.10. The molecule has 0 atom stereocenters. The number of esters is 1. The molecule has 10 heteroatoms. The van der Waals surface area contributed by atoms with E-state index in [1.54, 1.807) is 6.92 Å². The first-order valence-corrected chi connectivity index (χ1v) is 11.3. The molecule has 0 bridgehead atoms. The quantitative estimate of drug-likeness (QED) is 0.678. The lowest BCUT2D eigenvalue weighted by Crippen LogP contribution is -2.37. The third-order valence-corrected chi connectivity index (χ3v) is 7.56. The van der Waals surface area contributed by atoms with Crippen LogP contribution in [0.15, 0.2) is 34.1 Å². The maximum atomic E-state index is 12.6. The molecular weight excluding hydrogens is 380 g/mol. The molecule has 1 saturated heterocycles. The number of ether oxygens (including phenoxy) is 1. The van der Waals surface area contributed by atoms with Gasteiger partial charge in [-0.15, -0.1) is 0 Å². The monoisotopic (exact) mass is 404 g/mol. The SMILES string of the molecule is CCOC(=O)CNS(=O)(=O)c1ccc(S(=O)(=O)N2CCC(C)CC2)cc1. The van der Waals surface area contributed by atoms with Crippen molar-refractivity contribution in [1.29, 1.82) is 0 Å². The number of nitrogens with zero attached hydrogens (tertiary/aromatic N) is 1. The Morgan fingerprint density at radius 3 is 2.19 bits per heavy atom. The van der Waals surface area contributed by atoms with Crippen molar-refractivity contribution >= 4 is 26.0 Å². The summed E-state index contributed by atoms with van der Waals surface area (Å²) in [4.78, 5) is 11.2. The maximum absolute atomic E-state index is 12.6. The van der Waals surface area contributed by atoms with Gasteiger partial charge in [0.25, 0.3) is 0 Å². The van der Waals surface area contributed by atoms with Crippen LogP contribution in [0.4, 0.5) is 0 Å². The first-order chi connectivity index (χ1) is 12.2. The van der Waals surface area contributed by atoms with E-state index in [-0.39, 0.29) is 16.4 Å². The molecule has 8 nitrogen and oxygen atoms in total. The summed E-state index contributed by atoms with van der Waals surface area (Å²) in [7, 11) is -7.56. The van der Waals surface area contributed by atoms with Crippen molar-refractivity contribution in [2.45, 2.75) is 36.5 Å². The molecule has 0 spiro atoms. The number of benzene rings is 1. The van der Waals surface area contributed by atoms with Gasteiger partial charge in [0, 0.05) is 13.1 Å². The van der Waals surface area contributed by atoms with E-state index in [0.29, 0.717) is 19.0 Å². The van der Waals surface area contributed by atoms with E-state index in [2.05, 4.69) is 16.4 Å². The van der Waals surface area contributed by atoms with Crippen LogP contribution in [0, 0.1) is 5.92 Å². The Kier molecular flexibility index (Phi) is 6.78. The molecule has 1 fully saturated rings. The van der Waals surface area contributed by atoms with Gasteiger partial charge in [-0.05, 0) is 49.9 Å². The molecule has 1 heterocycles. The number of carbonyl (C=O) groups excluding carboxylic acids is 1. The molecule has 1 aromatic rings. The van der Waals surface area contributed by atoms with E-state index in [0.717, 1.165) is 12.8 Å². The fraction of sp³-hybridized carbons (Fsp3) is 0.562. The minimum atomic E-state index is -3.93. The van der Waals surface area contributed by atoms with Crippen molar-refractivity contribution in [1.82, 2.24) is 9.03 Å². The van der Waals surface area contributed by atoms with E-state index in [1.807, 2.05) is 0 Å². The topological polar surface area (TPSA) is 110 Å². The highest BCUT2D eigenvalue weighted by atomic mass is 32.2.